The lowest BCUT2D eigenvalue weighted by Crippen LogP contribution is -2.10. The van der Waals surface area contributed by atoms with Gasteiger partial charge in [-0.25, -0.2) is 4.98 Å². The Kier molecular flexibility index (Phi) is 6.00. The number of anilines is 2. The number of aryl methyl sites for hydroxylation is 2. The maximum Gasteiger partial charge on any atom is 0.224 e. The van der Waals surface area contributed by atoms with Gasteiger partial charge in [0.1, 0.15) is 5.82 Å². The van der Waals surface area contributed by atoms with Gasteiger partial charge in [0.25, 0.3) is 0 Å². The Morgan fingerprint density at radius 1 is 1.05 bits per heavy atom. The Morgan fingerprint density at radius 3 is 2.62 bits per heavy atom. The summed E-state index contributed by atoms with van der Waals surface area (Å²) in [6.45, 7) is 5.98. The number of nitrogens with one attached hydrogen (secondary N) is 2. The number of hydrogen-bond donors (Lipinski definition) is 2. The highest BCUT2D eigenvalue weighted by Crippen LogP contribution is 2.13. The zero-order valence-corrected chi connectivity index (χ0v) is 12.9. The molecule has 112 valence electrons. The van der Waals surface area contributed by atoms with Crippen LogP contribution in [0, 0.1) is 6.92 Å². The van der Waals surface area contributed by atoms with Crippen LogP contribution >= 0.6 is 0 Å². The first kappa shape index (κ1) is 15.3. The summed E-state index contributed by atoms with van der Waals surface area (Å²) in [7, 11) is 0. The summed E-state index contributed by atoms with van der Waals surface area (Å²) in [5, 5.41) is 6.62. The molecule has 0 fully saturated rings. The van der Waals surface area contributed by atoms with Gasteiger partial charge in [0, 0.05) is 24.8 Å². The SMILES string of the molecule is CCCNc1ncc(C)c(NCCCc2ccccc2)n1. The van der Waals surface area contributed by atoms with Crippen LogP contribution in [0.15, 0.2) is 36.5 Å². The molecule has 0 atom stereocenters. The molecule has 0 amide bonds. The lowest BCUT2D eigenvalue weighted by atomic mass is 10.1. The summed E-state index contributed by atoms with van der Waals surface area (Å²) >= 11 is 0. The normalized spacial score (nSPS) is 10.4. The average Bonchev–Trinajstić information content (AvgIpc) is 2.53. The first-order chi connectivity index (χ1) is 10.3. The van der Waals surface area contributed by atoms with E-state index in [1.54, 1.807) is 0 Å². The maximum atomic E-state index is 4.52. The van der Waals surface area contributed by atoms with Crippen LogP contribution in [-0.4, -0.2) is 23.1 Å². The lowest BCUT2D eigenvalue weighted by molar-refractivity contribution is 0.855. The third kappa shape index (κ3) is 5.06. The molecular weight excluding hydrogens is 260 g/mol. The van der Waals surface area contributed by atoms with Gasteiger partial charge in [-0.2, -0.15) is 4.98 Å². The van der Waals surface area contributed by atoms with E-state index in [0.717, 1.165) is 43.7 Å². The topological polar surface area (TPSA) is 49.8 Å². The molecular formula is C17H24N4. The second kappa shape index (κ2) is 8.25. The van der Waals surface area contributed by atoms with Crippen LogP contribution in [-0.2, 0) is 6.42 Å². The zero-order chi connectivity index (χ0) is 14.9. The first-order valence-electron chi connectivity index (χ1n) is 7.65. The van der Waals surface area contributed by atoms with Crippen molar-refractivity contribution in [2.75, 3.05) is 23.7 Å². The van der Waals surface area contributed by atoms with Crippen molar-refractivity contribution in [3.05, 3.63) is 47.7 Å². The number of rotatable bonds is 8. The number of nitrogens with zero attached hydrogens (tertiary/aromatic N) is 2. The predicted octanol–water partition coefficient (Wildman–Crippen LogP) is 3.65. The molecule has 1 aromatic carbocycles. The fourth-order valence-electron chi connectivity index (χ4n) is 2.09. The molecule has 21 heavy (non-hydrogen) atoms. The van der Waals surface area contributed by atoms with Crippen LogP contribution in [0.4, 0.5) is 11.8 Å². The third-order valence-corrected chi connectivity index (χ3v) is 3.28. The van der Waals surface area contributed by atoms with Crippen molar-refractivity contribution < 1.29 is 0 Å². The molecule has 2 aromatic rings. The summed E-state index contributed by atoms with van der Waals surface area (Å²) in [5.41, 5.74) is 2.46. The highest BCUT2D eigenvalue weighted by Gasteiger charge is 2.03. The summed E-state index contributed by atoms with van der Waals surface area (Å²) in [6, 6.07) is 10.6. The molecule has 0 saturated heterocycles. The van der Waals surface area contributed by atoms with Crippen LogP contribution in [0.2, 0.25) is 0 Å². The summed E-state index contributed by atoms with van der Waals surface area (Å²) < 4.78 is 0. The minimum absolute atomic E-state index is 0.702. The molecule has 0 spiro atoms. The highest BCUT2D eigenvalue weighted by molar-refractivity contribution is 5.46. The van der Waals surface area contributed by atoms with Crippen molar-refractivity contribution in [1.82, 2.24) is 9.97 Å². The highest BCUT2D eigenvalue weighted by atomic mass is 15.1. The van der Waals surface area contributed by atoms with Crippen molar-refractivity contribution in [3.63, 3.8) is 0 Å². The van der Waals surface area contributed by atoms with Crippen molar-refractivity contribution in [2.45, 2.75) is 33.1 Å². The van der Waals surface area contributed by atoms with Crippen molar-refractivity contribution in [3.8, 4) is 0 Å². The minimum atomic E-state index is 0.702. The van der Waals surface area contributed by atoms with E-state index in [1.807, 2.05) is 13.1 Å². The zero-order valence-electron chi connectivity index (χ0n) is 12.9. The van der Waals surface area contributed by atoms with E-state index >= 15 is 0 Å². The molecule has 0 bridgehead atoms. The summed E-state index contributed by atoms with van der Waals surface area (Å²) in [4.78, 5) is 8.81. The van der Waals surface area contributed by atoms with Gasteiger partial charge in [0.05, 0.1) is 0 Å². The van der Waals surface area contributed by atoms with Gasteiger partial charge < -0.3 is 10.6 Å². The Labute approximate surface area is 127 Å². The standard InChI is InChI=1S/C17H24N4/c1-3-11-19-17-20-13-14(2)16(21-17)18-12-7-10-15-8-5-4-6-9-15/h4-6,8-9,13H,3,7,10-12H2,1-2H3,(H2,18,19,20,21). The fraction of sp³-hybridized carbons (Fsp3) is 0.412. The van der Waals surface area contributed by atoms with Crippen molar-refractivity contribution >= 4 is 11.8 Å². The van der Waals surface area contributed by atoms with Crippen LogP contribution in [0.25, 0.3) is 0 Å². The van der Waals surface area contributed by atoms with E-state index in [1.165, 1.54) is 5.56 Å². The molecule has 1 heterocycles. The van der Waals surface area contributed by atoms with E-state index in [9.17, 15) is 0 Å². The Balaban J connectivity index is 1.82. The van der Waals surface area contributed by atoms with Crippen molar-refractivity contribution in [1.29, 1.82) is 0 Å². The molecule has 4 heteroatoms. The smallest absolute Gasteiger partial charge is 0.224 e. The maximum absolute atomic E-state index is 4.52. The molecule has 0 aliphatic rings. The summed E-state index contributed by atoms with van der Waals surface area (Å²) in [6.07, 6.45) is 5.10. The lowest BCUT2D eigenvalue weighted by Gasteiger charge is -2.10. The minimum Gasteiger partial charge on any atom is -0.370 e. The Hall–Kier alpha value is -2.10. The first-order valence-corrected chi connectivity index (χ1v) is 7.65. The molecule has 1 aromatic heterocycles. The fourth-order valence-corrected chi connectivity index (χ4v) is 2.09. The van der Waals surface area contributed by atoms with Gasteiger partial charge in [-0.3, -0.25) is 0 Å². The van der Waals surface area contributed by atoms with Gasteiger partial charge in [-0.05, 0) is 31.7 Å². The van der Waals surface area contributed by atoms with E-state index < -0.39 is 0 Å². The van der Waals surface area contributed by atoms with E-state index in [2.05, 4.69) is 57.9 Å². The van der Waals surface area contributed by atoms with Gasteiger partial charge in [0.2, 0.25) is 5.95 Å². The quantitative estimate of drug-likeness (QED) is 0.726. The van der Waals surface area contributed by atoms with E-state index in [0.29, 0.717) is 5.95 Å². The van der Waals surface area contributed by atoms with E-state index in [4.69, 9.17) is 0 Å². The number of aromatic nitrogens is 2. The van der Waals surface area contributed by atoms with Crippen LogP contribution < -0.4 is 10.6 Å². The molecule has 4 nitrogen and oxygen atoms in total. The largest absolute Gasteiger partial charge is 0.370 e. The average molecular weight is 284 g/mol. The van der Waals surface area contributed by atoms with Crippen LogP contribution in [0.1, 0.15) is 30.9 Å². The molecule has 0 unspecified atom stereocenters. The molecule has 0 aliphatic heterocycles. The van der Waals surface area contributed by atoms with Crippen molar-refractivity contribution in [2.24, 2.45) is 0 Å². The number of benzene rings is 1. The molecule has 2 N–H and O–H groups in total. The van der Waals surface area contributed by atoms with Gasteiger partial charge in [-0.15, -0.1) is 0 Å². The van der Waals surface area contributed by atoms with Crippen LogP contribution in [0.3, 0.4) is 0 Å². The molecule has 0 saturated carbocycles. The predicted molar refractivity (Wildman–Crippen MR) is 88.8 cm³/mol. The summed E-state index contributed by atoms with van der Waals surface area (Å²) in [5.74, 6) is 1.63. The molecule has 2 rings (SSSR count). The number of hydrogen-bond acceptors (Lipinski definition) is 4. The Morgan fingerprint density at radius 2 is 1.86 bits per heavy atom. The second-order valence-electron chi connectivity index (χ2n) is 5.17. The van der Waals surface area contributed by atoms with Gasteiger partial charge in [-0.1, -0.05) is 37.3 Å². The van der Waals surface area contributed by atoms with Gasteiger partial charge in [0.15, 0.2) is 0 Å². The second-order valence-corrected chi connectivity index (χ2v) is 5.17. The molecule has 0 aliphatic carbocycles. The molecule has 0 radical (unpaired) electrons. The van der Waals surface area contributed by atoms with Crippen LogP contribution in [0.5, 0.6) is 0 Å². The monoisotopic (exact) mass is 284 g/mol. The van der Waals surface area contributed by atoms with Gasteiger partial charge >= 0.3 is 0 Å². The Bertz CT molecular complexity index is 540. The van der Waals surface area contributed by atoms with E-state index in [-0.39, 0.29) is 0 Å². The third-order valence-electron chi connectivity index (χ3n) is 3.28.